The molecule has 0 aliphatic carbocycles. The highest BCUT2D eigenvalue weighted by Gasteiger charge is 2.46. The molecule has 1 aromatic carbocycles. The maximum Gasteiger partial charge on any atom is 0.243 e. The van der Waals surface area contributed by atoms with Crippen molar-refractivity contribution in [3.05, 3.63) is 29.6 Å². The van der Waals surface area contributed by atoms with Crippen molar-refractivity contribution in [2.24, 2.45) is 0 Å². The summed E-state index contributed by atoms with van der Waals surface area (Å²) in [6.07, 6.45) is 0.501. The monoisotopic (exact) mass is 273 g/mol. The number of hydrogen-bond donors (Lipinski definition) is 1. The first-order valence-corrected chi connectivity index (χ1v) is 7.21. The number of aryl methyl sites for hydroxylation is 1. The summed E-state index contributed by atoms with van der Waals surface area (Å²) in [5.41, 5.74) is -0.433. The zero-order valence-electron chi connectivity index (χ0n) is 10.4. The van der Waals surface area contributed by atoms with Gasteiger partial charge in [0.1, 0.15) is 5.82 Å². The summed E-state index contributed by atoms with van der Waals surface area (Å²) in [6.45, 7) is 3.57. The van der Waals surface area contributed by atoms with Crippen LogP contribution in [0.4, 0.5) is 4.39 Å². The second kappa shape index (κ2) is 4.29. The number of rotatable bonds is 3. The van der Waals surface area contributed by atoms with Gasteiger partial charge in [0.2, 0.25) is 10.0 Å². The van der Waals surface area contributed by atoms with Crippen molar-refractivity contribution in [2.45, 2.75) is 30.8 Å². The normalized spacial score (nSPS) is 19.6. The van der Waals surface area contributed by atoms with E-state index in [2.05, 4.69) is 0 Å². The summed E-state index contributed by atoms with van der Waals surface area (Å²) in [5, 5.41) is 9.84. The van der Waals surface area contributed by atoms with Gasteiger partial charge in [-0.1, -0.05) is 13.0 Å². The van der Waals surface area contributed by atoms with Gasteiger partial charge in [0, 0.05) is 13.1 Å². The first-order valence-electron chi connectivity index (χ1n) is 5.77. The molecule has 0 radical (unpaired) electrons. The van der Waals surface area contributed by atoms with E-state index in [0.717, 1.165) is 6.07 Å². The number of sulfonamides is 1. The summed E-state index contributed by atoms with van der Waals surface area (Å²) in [4.78, 5) is -0.0272. The zero-order chi connectivity index (χ0) is 13.6. The lowest BCUT2D eigenvalue weighted by atomic mass is 9.94. The first kappa shape index (κ1) is 13.5. The third-order valence-electron chi connectivity index (χ3n) is 3.37. The maximum absolute atomic E-state index is 13.1. The quantitative estimate of drug-likeness (QED) is 0.902. The van der Waals surface area contributed by atoms with Crippen molar-refractivity contribution in [3.8, 4) is 0 Å². The van der Waals surface area contributed by atoms with Crippen LogP contribution in [0.3, 0.4) is 0 Å². The Morgan fingerprint density at radius 2 is 2.06 bits per heavy atom. The van der Waals surface area contributed by atoms with Crippen LogP contribution in [0.2, 0.25) is 0 Å². The molecule has 0 atom stereocenters. The molecule has 0 aromatic heterocycles. The lowest BCUT2D eigenvalue weighted by Gasteiger charge is -2.45. The third kappa shape index (κ3) is 2.15. The van der Waals surface area contributed by atoms with E-state index in [9.17, 15) is 17.9 Å². The molecule has 0 bridgehead atoms. The molecule has 1 aromatic rings. The smallest absolute Gasteiger partial charge is 0.243 e. The van der Waals surface area contributed by atoms with Crippen molar-refractivity contribution < 1.29 is 17.9 Å². The molecule has 1 aliphatic heterocycles. The minimum Gasteiger partial charge on any atom is -0.387 e. The van der Waals surface area contributed by atoms with E-state index in [0.29, 0.717) is 12.0 Å². The predicted octanol–water partition coefficient (Wildman–Crippen LogP) is 1.28. The molecule has 1 saturated heterocycles. The molecular weight excluding hydrogens is 257 g/mol. The Morgan fingerprint density at radius 3 is 2.61 bits per heavy atom. The van der Waals surface area contributed by atoms with Crippen LogP contribution in [0.1, 0.15) is 18.9 Å². The summed E-state index contributed by atoms with van der Waals surface area (Å²) in [6, 6.07) is 3.69. The van der Waals surface area contributed by atoms with Gasteiger partial charge < -0.3 is 5.11 Å². The molecule has 0 spiro atoms. The average Bonchev–Trinajstić information content (AvgIpc) is 2.28. The van der Waals surface area contributed by atoms with Crippen LogP contribution in [0.5, 0.6) is 0 Å². The van der Waals surface area contributed by atoms with E-state index >= 15 is 0 Å². The highest BCUT2D eigenvalue weighted by Crippen LogP contribution is 2.31. The van der Waals surface area contributed by atoms with Gasteiger partial charge in [-0.2, -0.15) is 4.31 Å². The predicted molar refractivity (Wildman–Crippen MR) is 65.1 cm³/mol. The number of β-amino-alcohol motifs (C(OH)–C–C–N with tert-alkyl or cyclic N) is 1. The van der Waals surface area contributed by atoms with E-state index in [4.69, 9.17) is 0 Å². The molecule has 1 fully saturated rings. The highest BCUT2D eigenvalue weighted by molar-refractivity contribution is 7.89. The van der Waals surface area contributed by atoms with Gasteiger partial charge in [-0.25, -0.2) is 12.8 Å². The van der Waals surface area contributed by atoms with Crippen LogP contribution in [-0.2, 0) is 10.0 Å². The van der Waals surface area contributed by atoms with Crippen molar-refractivity contribution in [1.29, 1.82) is 0 Å². The van der Waals surface area contributed by atoms with Gasteiger partial charge >= 0.3 is 0 Å². The van der Waals surface area contributed by atoms with Crippen LogP contribution in [-0.4, -0.2) is 36.5 Å². The van der Waals surface area contributed by atoms with E-state index in [1.807, 2.05) is 0 Å². The molecule has 6 heteroatoms. The SMILES string of the molecule is CCC1(O)CN(S(=O)(=O)c2cc(F)ccc2C)C1. The molecule has 1 heterocycles. The minimum atomic E-state index is -3.70. The van der Waals surface area contributed by atoms with Gasteiger partial charge in [-0.05, 0) is 31.0 Å². The van der Waals surface area contributed by atoms with Crippen LogP contribution >= 0.6 is 0 Å². The van der Waals surface area contributed by atoms with Gasteiger partial charge in [-0.15, -0.1) is 0 Å². The lowest BCUT2D eigenvalue weighted by molar-refractivity contribution is -0.0613. The maximum atomic E-state index is 13.1. The molecule has 2 rings (SSSR count). The number of hydrogen-bond acceptors (Lipinski definition) is 3. The zero-order valence-corrected chi connectivity index (χ0v) is 11.2. The van der Waals surface area contributed by atoms with Gasteiger partial charge in [0.05, 0.1) is 10.5 Å². The standard InChI is InChI=1S/C12H16FNO3S/c1-3-12(15)7-14(8-12)18(16,17)11-6-10(13)5-4-9(11)2/h4-6,15H,3,7-8H2,1-2H3. The van der Waals surface area contributed by atoms with Crippen molar-refractivity contribution in [1.82, 2.24) is 4.31 Å². The van der Waals surface area contributed by atoms with Crippen LogP contribution < -0.4 is 0 Å². The fourth-order valence-electron chi connectivity index (χ4n) is 1.99. The van der Waals surface area contributed by atoms with Crippen molar-refractivity contribution >= 4 is 10.0 Å². The molecule has 1 aliphatic rings. The molecule has 18 heavy (non-hydrogen) atoms. The molecular formula is C12H16FNO3S. The Morgan fingerprint density at radius 1 is 1.44 bits per heavy atom. The minimum absolute atomic E-state index is 0.0272. The van der Waals surface area contributed by atoms with Crippen LogP contribution in [0.25, 0.3) is 0 Å². The Balaban J connectivity index is 2.31. The number of aliphatic hydroxyl groups is 1. The van der Waals surface area contributed by atoms with Gasteiger partial charge in [0.15, 0.2) is 0 Å². The average molecular weight is 273 g/mol. The topological polar surface area (TPSA) is 57.6 Å². The molecule has 0 amide bonds. The van der Waals surface area contributed by atoms with E-state index in [-0.39, 0.29) is 18.0 Å². The second-order valence-electron chi connectivity index (χ2n) is 4.76. The summed E-state index contributed by atoms with van der Waals surface area (Å²) in [7, 11) is -3.70. The van der Waals surface area contributed by atoms with Crippen LogP contribution in [0, 0.1) is 12.7 Å². The largest absolute Gasteiger partial charge is 0.387 e. The summed E-state index contributed by atoms with van der Waals surface area (Å²) < 4.78 is 38.8. The number of halogens is 1. The molecule has 100 valence electrons. The Kier molecular flexibility index (Phi) is 3.21. The Bertz CT molecular complexity index is 565. The second-order valence-corrected chi connectivity index (χ2v) is 6.67. The van der Waals surface area contributed by atoms with Crippen molar-refractivity contribution in [2.75, 3.05) is 13.1 Å². The lowest BCUT2D eigenvalue weighted by Crippen LogP contribution is -2.62. The fraction of sp³-hybridized carbons (Fsp3) is 0.500. The first-order chi connectivity index (χ1) is 8.28. The van der Waals surface area contributed by atoms with E-state index in [1.54, 1.807) is 13.8 Å². The molecule has 0 saturated carbocycles. The molecule has 0 unspecified atom stereocenters. The van der Waals surface area contributed by atoms with Crippen molar-refractivity contribution in [3.63, 3.8) is 0 Å². The summed E-state index contributed by atoms with van der Waals surface area (Å²) >= 11 is 0. The third-order valence-corrected chi connectivity index (χ3v) is 5.30. The van der Waals surface area contributed by atoms with E-state index < -0.39 is 21.4 Å². The summed E-state index contributed by atoms with van der Waals surface area (Å²) in [5.74, 6) is -0.578. The number of benzene rings is 1. The van der Waals surface area contributed by atoms with Crippen LogP contribution in [0.15, 0.2) is 23.1 Å². The van der Waals surface area contributed by atoms with Gasteiger partial charge in [0.25, 0.3) is 0 Å². The van der Waals surface area contributed by atoms with E-state index in [1.165, 1.54) is 16.4 Å². The highest BCUT2D eigenvalue weighted by atomic mass is 32.2. The Labute approximate surface area is 106 Å². The molecule has 4 nitrogen and oxygen atoms in total. The Hall–Kier alpha value is -0.980. The van der Waals surface area contributed by atoms with Gasteiger partial charge in [-0.3, -0.25) is 0 Å². The fourth-order valence-corrected chi connectivity index (χ4v) is 3.83. The number of nitrogens with zero attached hydrogens (tertiary/aromatic N) is 1. The molecule has 1 N–H and O–H groups in total.